The van der Waals surface area contributed by atoms with Gasteiger partial charge in [-0.15, -0.1) is 0 Å². The fourth-order valence-corrected chi connectivity index (χ4v) is 2.20. The molecule has 0 aliphatic heterocycles. The van der Waals surface area contributed by atoms with E-state index in [4.69, 9.17) is 9.47 Å². The smallest absolute Gasteiger partial charge is 0.281 e. The first-order valence-corrected chi connectivity index (χ1v) is 5.86. The van der Waals surface area contributed by atoms with E-state index in [9.17, 15) is 10.1 Å². The molecule has 0 unspecified atom stereocenters. The molecule has 0 aromatic heterocycles. The summed E-state index contributed by atoms with van der Waals surface area (Å²) in [5.41, 5.74) is -0.0102. The average Bonchev–Trinajstić information content (AvgIpc) is 2.36. The molecule has 94 valence electrons. The molecule has 2 aromatic rings. The van der Waals surface area contributed by atoms with E-state index >= 15 is 0 Å². The summed E-state index contributed by atoms with van der Waals surface area (Å²) in [6, 6.07) is 6.62. The van der Waals surface area contributed by atoms with Gasteiger partial charge in [-0.1, -0.05) is 15.9 Å². The van der Waals surface area contributed by atoms with Gasteiger partial charge in [-0.2, -0.15) is 0 Å². The topological polar surface area (TPSA) is 61.6 Å². The molecular weight excluding hydrogens is 302 g/mol. The van der Waals surface area contributed by atoms with Gasteiger partial charge in [0.05, 0.1) is 30.6 Å². The van der Waals surface area contributed by atoms with Crippen LogP contribution < -0.4 is 9.47 Å². The number of hydrogen-bond donors (Lipinski definition) is 0. The molecule has 0 amide bonds. The molecule has 2 rings (SSSR count). The van der Waals surface area contributed by atoms with Gasteiger partial charge in [0.1, 0.15) is 0 Å². The number of nitro groups is 1. The van der Waals surface area contributed by atoms with Crippen LogP contribution in [-0.4, -0.2) is 19.1 Å². The highest BCUT2D eigenvalue weighted by Crippen LogP contribution is 2.41. The number of fused-ring (bicyclic) bond motifs is 1. The molecule has 0 heterocycles. The zero-order valence-electron chi connectivity index (χ0n) is 9.77. The highest BCUT2D eigenvalue weighted by molar-refractivity contribution is 9.10. The molecular formula is C12H10BrNO4. The predicted octanol–water partition coefficient (Wildman–Crippen LogP) is 3.53. The van der Waals surface area contributed by atoms with Gasteiger partial charge in [0.15, 0.2) is 11.5 Å². The minimum Gasteiger partial charge on any atom is -0.493 e. The van der Waals surface area contributed by atoms with Gasteiger partial charge in [-0.25, -0.2) is 0 Å². The summed E-state index contributed by atoms with van der Waals surface area (Å²) in [4.78, 5) is 10.7. The Labute approximate surface area is 112 Å². The monoisotopic (exact) mass is 311 g/mol. The maximum atomic E-state index is 11.1. The first kappa shape index (κ1) is 12.6. The first-order chi connectivity index (χ1) is 8.58. The normalized spacial score (nSPS) is 10.4. The Morgan fingerprint density at radius 2 is 1.89 bits per heavy atom. The lowest BCUT2D eigenvalue weighted by atomic mass is 10.1. The number of methoxy groups -OCH3 is 2. The molecule has 0 spiro atoms. The minimum absolute atomic E-state index is 0.0102. The standard InChI is InChI=1S/C12H10BrNO4/c1-17-11-6-10(14(15)16)9-5-7(13)3-4-8(9)12(11)18-2/h3-6H,1-2H3. The van der Waals surface area contributed by atoms with E-state index in [0.717, 1.165) is 4.47 Å². The predicted molar refractivity (Wildman–Crippen MR) is 71.4 cm³/mol. The molecule has 0 aliphatic rings. The molecule has 0 radical (unpaired) electrons. The number of rotatable bonds is 3. The Kier molecular flexibility index (Phi) is 3.38. The number of ether oxygens (including phenoxy) is 2. The SMILES string of the molecule is COc1cc([N+](=O)[O-])c2cc(Br)ccc2c1OC. The van der Waals surface area contributed by atoms with Crippen LogP contribution in [0.3, 0.4) is 0 Å². The minimum atomic E-state index is -0.434. The summed E-state index contributed by atoms with van der Waals surface area (Å²) in [5, 5.41) is 12.2. The van der Waals surface area contributed by atoms with Crippen molar-refractivity contribution in [3.63, 3.8) is 0 Å². The third kappa shape index (κ3) is 1.99. The van der Waals surface area contributed by atoms with Crippen LogP contribution >= 0.6 is 15.9 Å². The third-order valence-corrected chi connectivity index (χ3v) is 3.11. The number of non-ortho nitro benzene ring substituents is 1. The zero-order chi connectivity index (χ0) is 13.3. The maximum absolute atomic E-state index is 11.1. The lowest BCUT2D eigenvalue weighted by Crippen LogP contribution is -1.96. The lowest BCUT2D eigenvalue weighted by molar-refractivity contribution is -0.383. The van der Waals surface area contributed by atoms with Crippen molar-refractivity contribution in [1.82, 2.24) is 0 Å². The van der Waals surface area contributed by atoms with Crippen molar-refractivity contribution in [1.29, 1.82) is 0 Å². The molecule has 0 fully saturated rings. The second kappa shape index (κ2) is 4.81. The van der Waals surface area contributed by atoms with E-state index in [-0.39, 0.29) is 5.69 Å². The molecule has 5 nitrogen and oxygen atoms in total. The van der Waals surface area contributed by atoms with Crippen molar-refractivity contribution in [3.8, 4) is 11.5 Å². The second-order valence-electron chi connectivity index (χ2n) is 3.58. The van der Waals surface area contributed by atoms with Crippen molar-refractivity contribution in [3.05, 3.63) is 38.9 Å². The average molecular weight is 312 g/mol. The number of hydrogen-bond acceptors (Lipinski definition) is 4. The van der Waals surface area contributed by atoms with Crippen molar-refractivity contribution in [2.24, 2.45) is 0 Å². The fraction of sp³-hybridized carbons (Fsp3) is 0.167. The van der Waals surface area contributed by atoms with Gasteiger partial charge in [-0.3, -0.25) is 10.1 Å². The van der Waals surface area contributed by atoms with Gasteiger partial charge in [0, 0.05) is 9.86 Å². The molecule has 0 saturated heterocycles. The van der Waals surface area contributed by atoms with E-state index in [2.05, 4.69) is 15.9 Å². The van der Waals surface area contributed by atoms with E-state index in [1.54, 1.807) is 18.2 Å². The summed E-state index contributed by atoms with van der Waals surface area (Å²) in [6.07, 6.45) is 0. The highest BCUT2D eigenvalue weighted by atomic mass is 79.9. The van der Waals surface area contributed by atoms with Gasteiger partial charge in [0.2, 0.25) is 0 Å². The van der Waals surface area contributed by atoms with Crippen LogP contribution in [0.1, 0.15) is 0 Å². The summed E-state index contributed by atoms with van der Waals surface area (Å²) < 4.78 is 11.2. The van der Waals surface area contributed by atoms with Crippen LogP contribution in [0.2, 0.25) is 0 Å². The molecule has 0 bridgehead atoms. The highest BCUT2D eigenvalue weighted by Gasteiger charge is 2.20. The van der Waals surface area contributed by atoms with Crippen LogP contribution in [0.4, 0.5) is 5.69 Å². The van der Waals surface area contributed by atoms with Crippen molar-refractivity contribution >= 4 is 32.4 Å². The summed E-state index contributed by atoms with van der Waals surface area (Å²) in [7, 11) is 2.96. The third-order valence-electron chi connectivity index (χ3n) is 2.61. The Morgan fingerprint density at radius 1 is 1.17 bits per heavy atom. The van der Waals surface area contributed by atoms with Crippen molar-refractivity contribution in [2.75, 3.05) is 14.2 Å². The van der Waals surface area contributed by atoms with E-state index in [1.807, 2.05) is 0 Å². The van der Waals surface area contributed by atoms with Gasteiger partial charge >= 0.3 is 0 Å². The summed E-state index contributed by atoms with van der Waals surface area (Å²) in [5.74, 6) is 0.838. The van der Waals surface area contributed by atoms with Crippen LogP contribution in [0.25, 0.3) is 10.8 Å². The summed E-state index contributed by atoms with van der Waals surface area (Å²) >= 11 is 3.30. The Hall–Kier alpha value is -1.82. The molecule has 0 aliphatic carbocycles. The van der Waals surface area contributed by atoms with E-state index in [1.165, 1.54) is 20.3 Å². The van der Waals surface area contributed by atoms with Crippen molar-refractivity contribution < 1.29 is 14.4 Å². The largest absolute Gasteiger partial charge is 0.493 e. The van der Waals surface area contributed by atoms with Crippen LogP contribution in [0.5, 0.6) is 11.5 Å². The lowest BCUT2D eigenvalue weighted by Gasteiger charge is -2.11. The Balaban J connectivity index is 2.92. The molecule has 0 N–H and O–H groups in total. The molecule has 0 saturated carbocycles. The molecule has 6 heteroatoms. The zero-order valence-corrected chi connectivity index (χ0v) is 11.4. The Morgan fingerprint density at radius 3 is 2.44 bits per heavy atom. The molecule has 2 aromatic carbocycles. The van der Waals surface area contributed by atoms with Crippen molar-refractivity contribution in [2.45, 2.75) is 0 Å². The summed E-state index contributed by atoms with van der Waals surface area (Å²) in [6.45, 7) is 0. The number of benzene rings is 2. The number of halogens is 1. The van der Waals surface area contributed by atoms with Crippen LogP contribution in [-0.2, 0) is 0 Å². The van der Waals surface area contributed by atoms with E-state index in [0.29, 0.717) is 22.3 Å². The quantitative estimate of drug-likeness (QED) is 0.642. The number of nitrogens with zero attached hydrogens (tertiary/aromatic N) is 1. The Bertz CT molecular complexity index is 627. The fourth-order valence-electron chi connectivity index (χ4n) is 1.84. The van der Waals surface area contributed by atoms with Gasteiger partial charge in [-0.05, 0) is 18.2 Å². The maximum Gasteiger partial charge on any atom is 0.281 e. The molecule has 0 atom stereocenters. The van der Waals surface area contributed by atoms with Crippen LogP contribution in [0.15, 0.2) is 28.7 Å². The van der Waals surface area contributed by atoms with E-state index < -0.39 is 4.92 Å². The number of nitro benzene ring substituents is 1. The molecule has 18 heavy (non-hydrogen) atoms. The van der Waals surface area contributed by atoms with Gasteiger partial charge in [0.25, 0.3) is 5.69 Å². The van der Waals surface area contributed by atoms with Crippen LogP contribution in [0, 0.1) is 10.1 Å². The second-order valence-corrected chi connectivity index (χ2v) is 4.49. The van der Waals surface area contributed by atoms with Gasteiger partial charge < -0.3 is 9.47 Å². The first-order valence-electron chi connectivity index (χ1n) is 5.07.